The largest absolute Gasteiger partial charge is 0.493 e. The molecule has 0 aliphatic carbocycles. The Morgan fingerprint density at radius 1 is 1.42 bits per heavy atom. The van der Waals surface area contributed by atoms with Gasteiger partial charge in [-0.15, -0.1) is 19.0 Å². The highest BCUT2D eigenvalue weighted by Crippen LogP contribution is 2.33. The van der Waals surface area contributed by atoms with E-state index in [1.807, 2.05) is 6.07 Å². The zero-order valence-electron chi connectivity index (χ0n) is 14.4. The summed E-state index contributed by atoms with van der Waals surface area (Å²) in [5.41, 5.74) is 1.48. The molecule has 1 amide bonds. The first kappa shape index (κ1) is 20.3. The number of amides is 1. The van der Waals surface area contributed by atoms with Crippen molar-refractivity contribution in [3.63, 3.8) is 0 Å². The fraction of sp³-hybridized carbons (Fsp3) is 0.500. The van der Waals surface area contributed by atoms with E-state index < -0.39 is 0 Å². The molecule has 0 radical (unpaired) electrons. The number of methoxy groups -OCH3 is 2. The van der Waals surface area contributed by atoms with E-state index in [1.165, 1.54) is 6.42 Å². The molecule has 1 saturated heterocycles. The molecule has 0 spiro atoms. The third-order valence-electron chi connectivity index (χ3n) is 4.13. The number of carbonyl (C=O) groups excluding carboxylic acids is 1. The van der Waals surface area contributed by atoms with Crippen molar-refractivity contribution in [1.82, 2.24) is 10.6 Å². The van der Waals surface area contributed by atoms with Gasteiger partial charge in [0.05, 0.1) is 14.2 Å². The summed E-state index contributed by atoms with van der Waals surface area (Å²) >= 11 is 0. The van der Waals surface area contributed by atoms with Gasteiger partial charge in [-0.05, 0) is 50.4 Å². The van der Waals surface area contributed by atoms with Crippen LogP contribution < -0.4 is 20.1 Å². The quantitative estimate of drug-likeness (QED) is 0.739. The number of hydrogen-bond acceptors (Lipinski definition) is 4. The summed E-state index contributed by atoms with van der Waals surface area (Å²) in [5.74, 6) is 1.64. The van der Waals surface area contributed by atoms with Crippen molar-refractivity contribution < 1.29 is 14.3 Å². The van der Waals surface area contributed by atoms with Gasteiger partial charge in [-0.2, -0.15) is 0 Å². The molecule has 1 aromatic rings. The second-order valence-electron chi connectivity index (χ2n) is 5.79. The van der Waals surface area contributed by atoms with Crippen molar-refractivity contribution >= 4 is 18.3 Å². The predicted molar refractivity (Wildman–Crippen MR) is 98.6 cm³/mol. The highest BCUT2D eigenvalue weighted by molar-refractivity contribution is 5.95. The van der Waals surface area contributed by atoms with Gasteiger partial charge in [0.2, 0.25) is 0 Å². The first-order chi connectivity index (χ1) is 11.2. The van der Waals surface area contributed by atoms with Crippen molar-refractivity contribution in [1.29, 1.82) is 0 Å². The average molecular weight is 355 g/mol. The smallest absolute Gasteiger partial charge is 0.251 e. The number of piperidine rings is 1. The normalized spacial score (nSPS) is 16.7. The molecule has 1 atom stereocenters. The summed E-state index contributed by atoms with van der Waals surface area (Å²) < 4.78 is 10.8. The average Bonchev–Trinajstić information content (AvgIpc) is 2.60. The molecule has 1 aliphatic rings. The Balaban J connectivity index is 0.00000288. The first-order valence-electron chi connectivity index (χ1n) is 8.04. The molecule has 2 rings (SSSR count). The Labute approximate surface area is 150 Å². The summed E-state index contributed by atoms with van der Waals surface area (Å²) in [7, 11) is 3.17. The lowest BCUT2D eigenvalue weighted by atomic mass is 9.99. The Hall–Kier alpha value is -1.72. The third kappa shape index (κ3) is 5.14. The molecule has 2 N–H and O–H groups in total. The van der Waals surface area contributed by atoms with Crippen molar-refractivity contribution in [3.05, 3.63) is 35.9 Å². The van der Waals surface area contributed by atoms with Gasteiger partial charge < -0.3 is 20.1 Å². The zero-order chi connectivity index (χ0) is 16.7. The molecule has 1 aliphatic heterocycles. The van der Waals surface area contributed by atoms with E-state index in [9.17, 15) is 4.79 Å². The van der Waals surface area contributed by atoms with E-state index in [4.69, 9.17) is 9.47 Å². The van der Waals surface area contributed by atoms with Crippen LogP contribution in [0.1, 0.15) is 28.8 Å². The fourth-order valence-electron chi connectivity index (χ4n) is 2.92. The lowest BCUT2D eigenvalue weighted by Crippen LogP contribution is -2.38. The number of hydrogen-bond donors (Lipinski definition) is 2. The Morgan fingerprint density at radius 2 is 2.21 bits per heavy atom. The molecule has 1 heterocycles. The number of ether oxygens (including phenoxy) is 2. The number of benzene rings is 1. The monoisotopic (exact) mass is 354 g/mol. The van der Waals surface area contributed by atoms with Crippen LogP contribution in [0.2, 0.25) is 0 Å². The van der Waals surface area contributed by atoms with E-state index in [1.54, 1.807) is 26.4 Å². The van der Waals surface area contributed by atoms with Crippen molar-refractivity contribution in [2.24, 2.45) is 5.92 Å². The molecule has 0 aromatic heterocycles. The molecule has 5 nitrogen and oxygen atoms in total. The molecule has 1 aromatic carbocycles. The standard InChI is InChI=1S/C18H26N2O3.ClH/c1-4-6-14-9-15(10-16(22-2)17(14)23-3)18(21)20-12-13-7-5-8-19-11-13;/h4,9-10,13,19H,1,5-8,11-12H2,2-3H3,(H,20,21);1H. The number of allylic oxidation sites excluding steroid dienone is 1. The highest BCUT2D eigenvalue weighted by Gasteiger charge is 2.18. The lowest BCUT2D eigenvalue weighted by molar-refractivity contribution is 0.0944. The van der Waals surface area contributed by atoms with Crippen LogP contribution in [0.25, 0.3) is 0 Å². The van der Waals surface area contributed by atoms with Crippen LogP contribution in [0.3, 0.4) is 0 Å². The van der Waals surface area contributed by atoms with Crippen LogP contribution in [0.15, 0.2) is 24.8 Å². The maximum atomic E-state index is 12.5. The third-order valence-corrected chi connectivity index (χ3v) is 4.13. The van der Waals surface area contributed by atoms with Gasteiger partial charge in [-0.1, -0.05) is 6.08 Å². The maximum absolute atomic E-state index is 12.5. The molecular formula is C18H27ClN2O3. The number of nitrogens with one attached hydrogen (secondary N) is 2. The molecule has 134 valence electrons. The molecule has 1 fully saturated rings. The van der Waals surface area contributed by atoms with Crippen LogP contribution in [-0.4, -0.2) is 39.8 Å². The van der Waals surface area contributed by atoms with E-state index in [0.29, 0.717) is 35.9 Å². The Morgan fingerprint density at radius 3 is 2.79 bits per heavy atom. The van der Waals surface area contributed by atoms with E-state index in [0.717, 1.165) is 25.1 Å². The number of carbonyl (C=O) groups is 1. The van der Waals surface area contributed by atoms with Gasteiger partial charge in [0.15, 0.2) is 11.5 Å². The lowest BCUT2D eigenvalue weighted by Gasteiger charge is -2.23. The molecule has 0 bridgehead atoms. The summed E-state index contributed by atoms with van der Waals surface area (Å²) in [4.78, 5) is 12.5. The van der Waals surface area contributed by atoms with Crippen molar-refractivity contribution in [3.8, 4) is 11.5 Å². The SMILES string of the molecule is C=CCc1cc(C(=O)NCC2CCCNC2)cc(OC)c1OC.Cl. The van der Waals surface area contributed by atoms with Crippen molar-refractivity contribution in [2.75, 3.05) is 33.9 Å². The van der Waals surface area contributed by atoms with Crippen LogP contribution >= 0.6 is 12.4 Å². The van der Waals surface area contributed by atoms with Crippen LogP contribution in [0.4, 0.5) is 0 Å². The zero-order valence-corrected chi connectivity index (χ0v) is 15.2. The minimum absolute atomic E-state index is 0. The molecule has 6 heteroatoms. The topological polar surface area (TPSA) is 59.6 Å². The summed E-state index contributed by atoms with van der Waals surface area (Å²) in [5, 5.41) is 6.38. The second-order valence-corrected chi connectivity index (χ2v) is 5.79. The first-order valence-corrected chi connectivity index (χ1v) is 8.04. The molecule has 0 saturated carbocycles. The van der Waals surface area contributed by atoms with E-state index in [-0.39, 0.29) is 18.3 Å². The second kappa shape index (κ2) is 10.2. The van der Waals surface area contributed by atoms with Gasteiger partial charge in [-0.3, -0.25) is 4.79 Å². The fourth-order valence-corrected chi connectivity index (χ4v) is 2.92. The van der Waals surface area contributed by atoms with Gasteiger partial charge >= 0.3 is 0 Å². The Kier molecular flexibility index (Phi) is 8.65. The summed E-state index contributed by atoms with van der Waals surface area (Å²) in [6, 6.07) is 3.57. The molecule has 1 unspecified atom stereocenters. The van der Waals surface area contributed by atoms with E-state index in [2.05, 4.69) is 17.2 Å². The molecule has 24 heavy (non-hydrogen) atoms. The highest BCUT2D eigenvalue weighted by atomic mass is 35.5. The summed E-state index contributed by atoms with van der Waals surface area (Å²) in [6.07, 6.45) is 4.72. The van der Waals surface area contributed by atoms with Crippen LogP contribution in [0.5, 0.6) is 11.5 Å². The number of halogens is 1. The van der Waals surface area contributed by atoms with Crippen LogP contribution in [0, 0.1) is 5.92 Å². The minimum Gasteiger partial charge on any atom is -0.493 e. The summed E-state index contributed by atoms with van der Waals surface area (Å²) in [6.45, 7) is 6.49. The Bertz CT molecular complexity index is 557. The molecular weight excluding hydrogens is 328 g/mol. The van der Waals surface area contributed by atoms with Gasteiger partial charge in [0, 0.05) is 17.7 Å². The number of rotatable bonds is 7. The van der Waals surface area contributed by atoms with Gasteiger partial charge in [0.1, 0.15) is 0 Å². The minimum atomic E-state index is -0.0816. The van der Waals surface area contributed by atoms with Crippen molar-refractivity contribution in [2.45, 2.75) is 19.3 Å². The van der Waals surface area contributed by atoms with E-state index >= 15 is 0 Å². The van der Waals surface area contributed by atoms with Crippen LogP contribution in [-0.2, 0) is 6.42 Å². The predicted octanol–water partition coefficient (Wildman–Crippen LogP) is 2.58. The maximum Gasteiger partial charge on any atom is 0.251 e. The van der Waals surface area contributed by atoms with Gasteiger partial charge in [-0.25, -0.2) is 0 Å². The van der Waals surface area contributed by atoms with Gasteiger partial charge in [0.25, 0.3) is 5.91 Å².